The molecule has 2 aromatic heterocycles. The number of aromatic nitrogens is 3. The van der Waals surface area contributed by atoms with Gasteiger partial charge in [0, 0.05) is 24.3 Å². The number of hydrogen-bond acceptors (Lipinski definition) is 5. The molecule has 2 amide bonds. The molecule has 0 aliphatic heterocycles. The summed E-state index contributed by atoms with van der Waals surface area (Å²) in [5.41, 5.74) is 3.18. The first-order valence-electron chi connectivity index (χ1n) is 9.61. The molecule has 2 heterocycles. The zero-order valence-corrected chi connectivity index (χ0v) is 18.1. The molecule has 0 spiro atoms. The normalized spacial score (nSPS) is 10.8. The molecule has 3 rings (SSSR count). The van der Waals surface area contributed by atoms with Crippen LogP contribution >= 0.6 is 11.6 Å². The minimum Gasteiger partial charge on any atom is -0.466 e. The molecular weight excluding hydrogens is 406 g/mol. The molecular formula is C21H24ClN5O3. The van der Waals surface area contributed by atoms with Gasteiger partial charge >= 0.3 is 0 Å². The Labute approximate surface area is 179 Å². The number of halogens is 1. The van der Waals surface area contributed by atoms with Crippen LogP contribution in [0.5, 0.6) is 5.88 Å². The molecule has 2 N–H and O–H groups in total. The van der Waals surface area contributed by atoms with E-state index in [-0.39, 0.29) is 12.5 Å². The molecule has 0 aliphatic rings. The lowest BCUT2D eigenvalue weighted by atomic mass is 10.1. The van der Waals surface area contributed by atoms with E-state index in [2.05, 4.69) is 20.7 Å². The third kappa shape index (κ3) is 4.71. The monoisotopic (exact) mass is 429 g/mol. The van der Waals surface area contributed by atoms with Crippen molar-refractivity contribution in [3.63, 3.8) is 0 Å². The Morgan fingerprint density at radius 3 is 2.73 bits per heavy atom. The van der Waals surface area contributed by atoms with Crippen LogP contribution in [0, 0.1) is 13.8 Å². The molecule has 30 heavy (non-hydrogen) atoms. The summed E-state index contributed by atoms with van der Waals surface area (Å²) >= 11 is 6.05. The van der Waals surface area contributed by atoms with Crippen molar-refractivity contribution in [3.8, 4) is 5.88 Å². The number of benzene rings is 1. The first-order valence-corrected chi connectivity index (χ1v) is 9.99. The van der Waals surface area contributed by atoms with Crippen LogP contribution < -0.4 is 15.4 Å². The predicted molar refractivity (Wildman–Crippen MR) is 116 cm³/mol. The van der Waals surface area contributed by atoms with Crippen molar-refractivity contribution in [1.82, 2.24) is 20.1 Å². The highest BCUT2D eigenvalue weighted by molar-refractivity contribution is 6.31. The van der Waals surface area contributed by atoms with E-state index in [9.17, 15) is 9.59 Å². The van der Waals surface area contributed by atoms with Crippen molar-refractivity contribution < 1.29 is 14.3 Å². The number of aryl methyl sites for hydroxylation is 3. The van der Waals surface area contributed by atoms with E-state index in [0.29, 0.717) is 34.3 Å². The molecule has 0 aliphatic carbocycles. The highest BCUT2D eigenvalue weighted by atomic mass is 35.5. The Bertz CT molecular complexity index is 1110. The lowest BCUT2D eigenvalue weighted by Gasteiger charge is -2.12. The van der Waals surface area contributed by atoms with Gasteiger partial charge in [-0.25, -0.2) is 9.67 Å². The number of rotatable bonds is 7. The van der Waals surface area contributed by atoms with Gasteiger partial charge < -0.3 is 15.4 Å². The number of nitrogens with one attached hydrogen (secondary N) is 2. The summed E-state index contributed by atoms with van der Waals surface area (Å²) in [6.45, 7) is 6.08. The maximum Gasteiger partial charge on any atom is 0.262 e. The highest BCUT2D eigenvalue weighted by Gasteiger charge is 2.17. The van der Waals surface area contributed by atoms with Gasteiger partial charge in [0.2, 0.25) is 5.88 Å². The molecule has 0 radical (unpaired) electrons. The molecule has 0 saturated heterocycles. The van der Waals surface area contributed by atoms with Crippen LogP contribution in [0.15, 0.2) is 24.3 Å². The molecule has 0 atom stereocenters. The number of fused-ring (bicyclic) bond motifs is 1. The van der Waals surface area contributed by atoms with Crippen molar-refractivity contribution in [2.24, 2.45) is 7.05 Å². The number of hydrogen-bond donors (Lipinski definition) is 2. The smallest absolute Gasteiger partial charge is 0.262 e. The molecule has 0 bridgehead atoms. The van der Waals surface area contributed by atoms with Crippen LogP contribution in [0.25, 0.3) is 11.0 Å². The Kier molecular flexibility index (Phi) is 6.56. The van der Waals surface area contributed by atoms with Gasteiger partial charge in [0.25, 0.3) is 11.8 Å². The summed E-state index contributed by atoms with van der Waals surface area (Å²) in [7, 11) is 1.77. The summed E-state index contributed by atoms with van der Waals surface area (Å²) < 4.78 is 7.29. The summed E-state index contributed by atoms with van der Waals surface area (Å²) in [6, 6.07) is 6.65. The van der Waals surface area contributed by atoms with Crippen LogP contribution in [0.4, 0.5) is 5.69 Å². The van der Waals surface area contributed by atoms with Crippen LogP contribution in [-0.4, -0.2) is 39.7 Å². The van der Waals surface area contributed by atoms with Gasteiger partial charge in [-0.3, -0.25) is 9.59 Å². The highest BCUT2D eigenvalue weighted by Crippen LogP contribution is 2.27. The van der Waals surface area contributed by atoms with E-state index in [1.54, 1.807) is 23.9 Å². The summed E-state index contributed by atoms with van der Waals surface area (Å²) in [5.74, 6) is -0.379. The minimum absolute atomic E-state index is 0.276. The van der Waals surface area contributed by atoms with Gasteiger partial charge in [0.15, 0.2) is 12.3 Å². The Balaban J connectivity index is 1.75. The fourth-order valence-electron chi connectivity index (χ4n) is 3.12. The second kappa shape index (κ2) is 9.13. The first kappa shape index (κ1) is 21.6. The summed E-state index contributed by atoms with van der Waals surface area (Å²) in [6.07, 6.45) is 0.806. The fourth-order valence-corrected chi connectivity index (χ4v) is 3.29. The Morgan fingerprint density at radius 2 is 2.00 bits per heavy atom. The fraction of sp³-hybridized carbons (Fsp3) is 0.333. The van der Waals surface area contributed by atoms with E-state index < -0.39 is 5.91 Å². The van der Waals surface area contributed by atoms with Gasteiger partial charge in [-0.1, -0.05) is 18.5 Å². The SMILES string of the molecule is CCCNC(=O)c1ccc(Cl)cc1NC(=O)COc1nn(C)c2nc(C)cc(C)c12. The number of pyridine rings is 1. The van der Waals surface area contributed by atoms with Crippen molar-refractivity contribution in [2.75, 3.05) is 18.5 Å². The molecule has 3 aromatic rings. The number of carbonyl (C=O) groups is 2. The van der Waals surface area contributed by atoms with Gasteiger partial charge in [0.1, 0.15) is 0 Å². The van der Waals surface area contributed by atoms with Crippen LogP contribution in [0.1, 0.15) is 35.0 Å². The third-order valence-electron chi connectivity index (χ3n) is 4.46. The van der Waals surface area contributed by atoms with E-state index in [1.165, 1.54) is 6.07 Å². The van der Waals surface area contributed by atoms with Crippen molar-refractivity contribution in [1.29, 1.82) is 0 Å². The summed E-state index contributed by atoms with van der Waals surface area (Å²) in [5, 5.41) is 11.0. The summed E-state index contributed by atoms with van der Waals surface area (Å²) in [4.78, 5) is 29.3. The van der Waals surface area contributed by atoms with Crippen LogP contribution in [-0.2, 0) is 11.8 Å². The molecule has 0 unspecified atom stereocenters. The van der Waals surface area contributed by atoms with E-state index in [1.807, 2.05) is 26.8 Å². The van der Waals surface area contributed by atoms with Crippen LogP contribution in [0.2, 0.25) is 5.02 Å². The second-order valence-corrected chi connectivity index (χ2v) is 7.43. The molecule has 158 valence electrons. The number of anilines is 1. The lowest BCUT2D eigenvalue weighted by molar-refractivity contribution is -0.118. The van der Waals surface area contributed by atoms with Gasteiger partial charge in [-0.2, -0.15) is 0 Å². The zero-order chi connectivity index (χ0) is 21.8. The molecule has 0 fully saturated rings. The van der Waals surface area contributed by atoms with E-state index in [4.69, 9.17) is 16.3 Å². The van der Waals surface area contributed by atoms with E-state index in [0.717, 1.165) is 23.1 Å². The number of ether oxygens (including phenoxy) is 1. The van der Waals surface area contributed by atoms with Crippen molar-refractivity contribution >= 4 is 40.1 Å². The number of amides is 2. The molecule has 1 aromatic carbocycles. The molecule has 8 nitrogen and oxygen atoms in total. The van der Waals surface area contributed by atoms with Gasteiger partial charge in [-0.05, 0) is 50.1 Å². The quantitative estimate of drug-likeness (QED) is 0.599. The Hall–Kier alpha value is -3.13. The second-order valence-electron chi connectivity index (χ2n) is 6.99. The third-order valence-corrected chi connectivity index (χ3v) is 4.70. The topological polar surface area (TPSA) is 98.1 Å². The van der Waals surface area contributed by atoms with Gasteiger partial charge in [-0.15, -0.1) is 5.10 Å². The average molecular weight is 430 g/mol. The Morgan fingerprint density at radius 1 is 1.23 bits per heavy atom. The molecule has 9 heteroatoms. The number of nitrogens with zero attached hydrogens (tertiary/aromatic N) is 3. The minimum atomic E-state index is -0.432. The number of carbonyl (C=O) groups excluding carboxylic acids is 2. The zero-order valence-electron chi connectivity index (χ0n) is 17.4. The standard InChI is InChI=1S/C21H24ClN5O3/c1-5-8-23-20(29)15-7-6-14(22)10-16(15)25-17(28)11-30-21-18-12(2)9-13(3)24-19(18)27(4)26-21/h6-7,9-10H,5,8,11H2,1-4H3,(H,23,29)(H,25,28). The lowest BCUT2D eigenvalue weighted by Crippen LogP contribution is -2.27. The average Bonchev–Trinajstić information content (AvgIpc) is 3.00. The van der Waals surface area contributed by atoms with Crippen molar-refractivity contribution in [2.45, 2.75) is 27.2 Å². The van der Waals surface area contributed by atoms with Gasteiger partial charge in [0.05, 0.1) is 16.6 Å². The molecule has 0 saturated carbocycles. The maximum absolute atomic E-state index is 12.5. The largest absolute Gasteiger partial charge is 0.466 e. The van der Waals surface area contributed by atoms with Crippen molar-refractivity contribution in [3.05, 3.63) is 46.1 Å². The van der Waals surface area contributed by atoms with E-state index >= 15 is 0 Å². The first-order chi connectivity index (χ1) is 14.3. The predicted octanol–water partition coefficient (Wildman–Crippen LogP) is 3.40. The maximum atomic E-state index is 12.5. The van der Waals surface area contributed by atoms with Crippen LogP contribution in [0.3, 0.4) is 0 Å².